The monoisotopic (exact) mass is 238 g/mol. The molecule has 0 aliphatic heterocycles. The Hall–Kier alpha value is -0.0800. The van der Waals surface area contributed by atoms with E-state index in [9.17, 15) is 0 Å². The van der Waals surface area contributed by atoms with Crippen molar-refractivity contribution in [2.75, 3.05) is 19.6 Å². The van der Waals surface area contributed by atoms with Crippen molar-refractivity contribution in [3.8, 4) is 0 Å². The molecule has 2 heteroatoms. The van der Waals surface area contributed by atoms with Crippen LogP contribution in [0.1, 0.15) is 58.8 Å². The van der Waals surface area contributed by atoms with E-state index in [1.54, 1.807) is 0 Å². The molecule has 2 nitrogen and oxygen atoms in total. The molecule has 2 atom stereocenters. The first kappa shape index (κ1) is 13.4. The fourth-order valence-electron chi connectivity index (χ4n) is 3.73. The van der Waals surface area contributed by atoms with Crippen LogP contribution in [0.25, 0.3) is 0 Å². The smallest absolute Gasteiger partial charge is 0.0139 e. The van der Waals surface area contributed by atoms with E-state index in [0.29, 0.717) is 0 Å². The van der Waals surface area contributed by atoms with Crippen molar-refractivity contribution < 1.29 is 0 Å². The highest BCUT2D eigenvalue weighted by atomic mass is 15.2. The van der Waals surface area contributed by atoms with Gasteiger partial charge in [-0.3, -0.25) is 4.90 Å². The quantitative estimate of drug-likeness (QED) is 0.765. The summed E-state index contributed by atoms with van der Waals surface area (Å²) in [5.74, 6) is 0.928. The summed E-state index contributed by atoms with van der Waals surface area (Å²) >= 11 is 0. The van der Waals surface area contributed by atoms with Crippen LogP contribution >= 0.6 is 0 Å². The van der Waals surface area contributed by atoms with Gasteiger partial charge in [-0.15, -0.1) is 0 Å². The zero-order valence-electron chi connectivity index (χ0n) is 11.8. The summed E-state index contributed by atoms with van der Waals surface area (Å²) in [4.78, 5) is 2.84. The van der Waals surface area contributed by atoms with Crippen LogP contribution in [0.5, 0.6) is 0 Å². The predicted octanol–water partition coefficient (Wildman–Crippen LogP) is 3.03. The summed E-state index contributed by atoms with van der Waals surface area (Å²) < 4.78 is 0. The maximum Gasteiger partial charge on any atom is 0.0139 e. The van der Waals surface area contributed by atoms with E-state index in [4.69, 9.17) is 0 Å². The van der Waals surface area contributed by atoms with E-state index < -0.39 is 0 Å². The normalized spacial score (nSPS) is 30.5. The molecule has 1 N–H and O–H groups in total. The van der Waals surface area contributed by atoms with Gasteiger partial charge in [0.1, 0.15) is 0 Å². The van der Waals surface area contributed by atoms with Gasteiger partial charge in [-0.2, -0.15) is 0 Å². The first-order valence-corrected chi connectivity index (χ1v) is 7.83. The van der Waals surface area contributed by atoms with E-state index in [1.165, 1.54) is 58.0 Å². The van der Waals surface area contributed by atoms with Gasteiger partial charge >= 0.3 is 0 Å². The van der Waals surface area contributed by atoms with Gasteiger partial charge in [-0.25, -0.2) is 0 Å². The molecule has 0 saturated heterocycles. The Kier molecular flexibility index (Phi) is 5.30. The van der Waals surface area contributed by atoms with Gasteiger partial charge in [-0.05, 0) is 51.2 Å². The van der Waals surface area contributed by atoms with Crippen LogP contribution < -0.4 is 5.32 Å². The van der Waals surface area contributed by atoms with Crippen molar-refractivity contribution in [1.82, 2.24) is 10.2 Å². The molecule has 2 fully saturated rings. The molecular formula is C15H30N2. The molecule has 0 spiro atoms. The van der Waals surface area contributed by atoms with E-state index in [1.807, 2.05) is 0 Å². The van der Waals surface area contributed by atoms with Crippen molar-refractivity contribution >= 4 is 0 Å². The second kappa shape index (κ2) is 6.75. The molecule has 0 amide bonds. The maximum atomic E-state index is 3.54. The minimum Gasteiger partial charge on any atom is -0.317 e. The number of nitrogens with zero attached hydrogens (tertiary/aromatic N) is 1. The molecule has 2 rings (SSSR count). The lowest BCUT2D eigenvalue weighted by Gasteiger charge is -2.48. The Morgan fingerprint density at radius 3 is 2.29 bits per heavy atom. The number of hydrogen-bond acceptors (Lipinski definition) is 2. The van der Waals surface area contributed by atoms with Gasteiger partial charge < -0.3 is 5.32 Å². The van der Waals surface area contributed by atoms with Crippen molar-refractivity contribution in [2.24, 2.45) is 5.92 Å². The van der Waals surface area contributed by atoms with Crippen LogP contribution in [0.15, 0.2) is 0 Å². The van der Waals surface area contributed by atoms with E-state index in [0.717, 1.165) is 24.5 Å². The third-order valence-corrected chi connectivity index (χ3v) is 4.87. The molecule has 2 aliphatic carbocycles. The summed E-state index contributed by atoms with van der Waals surface area (Å²) in [5, 5.41) is 3.54. The predicted molar refractivity (Wildman–Crippen MR) is 74.3 cm³/mol. The van der Waals surface area contributed by atoms with Gasteiger partial charge in [0.2, 0.25) is 0 Å². The van der Waals surface area contributed by atoms with Crippen molar-refractivity contribution in [2.45, 2.75) is 70.9 Å². The first-order valence-electron chi connectivity index (χ1n) is 7.83. The standard InChI is InChI=1S/C15H30N2/c1-3-16-12-13-10-11-15(13)17(4-2)14-8-6-5-7-9-14/h13-16H,3-12H2,1-2H3. The number of nitrogens with one attached hydrogen (secondary N) is 1. The Bertz CT molecular complexity index is 211. The largest absolute Gasteiger partial charge is 0.317 e. The molecule has 17 heavy (non-hydrogen) atoms. The summed E-state index contributed by atoms with van der Waals surface area (Å²) in [6, 6.07) is 1.80. The average Bonchev–Trinajstić information content (AvgIpc) is 2.36. The third kappa shape index (κ3) is 3.23. The first-order chi connectivity index (χ1) is 8.36. The highest BCUT2D eigenvalue weighted by molar-refractivity contribution is 4.92. The van der Waals surface area contributed by atoms with Crippen LogP contribution in [0.2, 0.25) is 0 Å². The molecule has 100 valence electrons. The zero-order valence-corrected chi connectivity index (χ0v) is 11.8. The van der Waals surface area contributed by atoms with Gasteiger partial charge in [-0.1, -0.05) is 33.1 Å². The Morgan fingerprint density at radius 2 is 1.76 bits per heavy atom. The minimum atomic E-state index is 0.891. The minimum absolute atomic E-state index is 0.891. The highest BCUT2D eigenvalue weighted by Crippen LogP contribution is 2.35. The van der Waals surface area contributed by atoms with E-state index >= 15 is 0 Å². The molecular weight excluding hydrogens is 208 g/mol. The molecule has 0 aromatic carbocycles. The fourth-order valence-corrected chi connectivity index (χ4v) is 3.73. The van der Waals surface area contributed by atoms with Crippen LogP contribution in [-0.4, -0.2) is 36.6 Å². The molecule has 0 aromatic rings. The van der Waals surface area contributed by atoms with Crippen LogP contribution in [0, 0.1) is 5.92 Å². The van der Waals surface area contributed by atoms with Crippen molar-refractivity contribution in [3.05, 3.63) is 0 Å². The Morgan fingerprint density at radius 1 is 1.00 bits per heavy atom. The SMILES string of the molecule is CCNCC1CCC1N(CC)C1CCCCC1. The van der Waals surface area contributed by atoms with Crippen LogP contribution in [0.4, 0.5) is 0 Å². The molecule has 0 heterocycles. The van der Waals surface area contributed by atoms with Crippen molar-refractivity contribution in [3.63, 3.8) is 0 Å². The molecule has 0 aromatic heterocycles. The lowest BCUT2D eigenvalue weighted by atomic mass is 9.76. The number of rotatable bonds is 6. The van der Waals surface area contributed by atoms with Crippen LogP contribution in [-0.2, 0) is 0 Å². The summed E-state index contributed by atoms with van der Waals surface area (Å²) in [6.07, 6.45) is 10.2. The lowest BCUT2D eigenvalue weighted by Crippen LogP contribution is -2.54. The van der Waals surface area contributed by atoms with Gasteiger partial charge in [0, 0.05) is 12.1 Å². The summed E-state index contributed by atoms with van der Waals surface area (Å²) in [5.41, 5.74) is 0. The second-order valence-electron chi connectivity index (χ2n) is 5.83. The molecule has 0 bridgehead atoms. The zero-order chi connectivity index (χ0) is 12.1. The topological polar surface area (TPSA) is 15.3 Å². The summed E-state index contributed by atoms with van der Waals surface area (Å²) in [7, 11) is 0. The lowest BCUT2D eigenvalue weighted by molar-refractivity contribution is 0.0186. The van der Waals surface area contributed by atoms with E-state index in [2.05, 4.69) is 24.1 Å². The highest BCUT2D eigenvalue weighted by Gasteiger charge is 2.37. The molecule has 0 radical (unpaired) electrons. The second-order valence-corrected chi connectivity index (χ2v) is 5.83. The van der Waals surface area contributed by atoms with Gasteiger partial charge in [0.05, 0.1) is 0 Å². The maximum absolute atomic E-state index is 3.54. The average molecular weight is 238 g/mol. The van der Waals surface area contributed by atoms with Gasteiger partial charge in [0.15, 0.2) is 0 Å². The van der Waals surface area contributed by atoms with E-state index in [-0.39, 0.29) is 0 Å². The fraction of sp³-hybridized carbons (Fsp3) is 1.00. The molecule has 2 unspecified atom stereocenters. The Labute approximate surface area is 107 Å². The van der Waals surface area contributed by atoms with Gasteiger partial charge in [0.25, 0.3) is 0 Å². The molecule has 2 aliphatic rings. The van der Waals surface area contributed by atoms with Crippen molar-refractivity contribution in [1.29, 1.82) is 0 Å². The molecule has 2 saturated carbocycles. The van der Waals surface area contributed by atoms with Crippen LogP contribution in [0.3, 0.4) is 0 Å². The number of hydrogen-bond donors (Lipinski definition) is 1. The summed E-state index contributed by atoms with van der Waals surface area (Å²) in [6.45, 7) is 8.20. The Balaban J connectivity index is 1.84. The third-order valence-electron chi connectivity index (χ3n) is 4.87.